The van der Waals surface area contributed by atoms with Crippen molar-refractivity contribution in [3.05, 3.63) is 66.0 Å². The third-order valence-electron chi connectivity index (χ3n) is 3.49. The Morgan fingerprint density at radius 2 is 1.87 bits per heavy atom. The first-order chi connectivity index (χ1) is 10.9. The molecule has 0 aliphatic rings. The number of hydrogen-bond acceptors (Lipinski definition) is 3. The fourth-order valence-corrected chi connectivity index (χ4v) is 3.56. The lowest BCUT2D eigenvalue weighted by Gasteiger charge is -2.12. The summed E-state index contributed by atoms with van der Waals surface area (Å²) in [4.78, 5) is 3.94. The molecule has 3 rings (SSSR count). The van der Waals surface area contributed by atoms with Crippen molar-refractivity contribution in [2.24, 2.45) is 0 Å². The zero-order chi connectivity index (χ0) is 16.6. The van der Waals surface area contributed by atoms with Crippen LogP contribution in [0.1, 0.15) is 5.56 Å². The monoisotopic (exact) mass is 334 g/mol. The first kappa shape index (κ1) is 15.4. The number of hydrogen-bond donors (Lipinski definition) is 1. The van der Waals surface area contributed by atoms with Gasteiger partial charge in [0, 0.05) is 28.7 Å². The van der Waals surface area contributed by atoms with Gasteiger partial charge in [-0.2, -0.15) is 0 Å². The van der Waals surface area contributed by atoms with Gasteiger partial charge in [-0.3, -0.25) is 9.71 Å². The number of aromatic nitrogens is 1. The molecule has 3 aromatic rings. The molecule has 0 unspecified atom stereocenters. The molecule has 0 saturated heterocycles. The van der Waals surface area contributed by atoms with Gasteiger partial charge in [-0.05, 0) is 31.2 Å². The van der Waals surface area contributed by atoms with Gasteiger partial charge in [-0.1, -0.05) is 12.1 Å². The lowest BCUT2D eigenvalue weighted by Crippen LogP contribution is -2.15. The molecule has 0 radical (unpaired) electrons. The predicted molar refractivity (Wildman–Crippen MR) is 83.6 cm³/mol. The topological polar surface area (TPSA) is 59.1 Å². The van der Waals surface area contributed by atoms with Gasteiger partial charge in [0.1, 0.15) is 5.82 Å². The molecule has 0 atom stereocenters. The van der Waals surface area contributed by atoms with Gasteiger partial charge in [0.15, 0.2) is 5.82 Å². The molecule has 23 heavy (non-hydrogen) atoms. The van der Waals surface area contributed by atoms with Gasteiger partial charge in [0.25, 0.3) is 10.0 Å². The van der Waals surface area contributed by atoms with Crippen LogP contribution >= 0.6 is 0 Å². The first-order valence-electron chi connectivity index (χ1n) is 6.70. The predicted octanol–water partition coefficient (Wildman–Crippen LogP) is 3.62. The second-order valence-electron chi connectivity index (χ2n) is 4.99. The zero-order valence-corrected chi connectivity index (χ0v) is 12.9. The number of halogens is 2. The summed E-state index contributed by atoms with van der Waals surface area (Å²) in [7, 11) is -4.03. The van der Waals surface area contributed by atoms with E-state index in [1.165, 1.54) is 25.4 Å². The summed E-state index contributed by atoms with van der Waals surface area (Å²) in [6, 6.07) is 8.36. The SMILES string of the molecule is Cc1c(F)ccc(NS(=O)(=O)c2cccc3cnccc23)c1F. The fourth-order valence-electron chi connectivity index (χ4n) is 2.27. The number of pyridine rings is 1. The number of anilines is 1. The Hall–Kier alpha value is -2.54. The zero-order valence-electron chi connectivity index (χ0n) is 12.0. The first-order valence-corrected chi connectivity index (χ1v) is 8.18. The van der Waals surface area contributed by atoms with Crippen LogP contribution in [0.25, 0.3) is 10.8 Å². The number of fused-ring (bicyclic) bond motifs is 1. The van der Waals surface area contributed by atoms with Crippen LogP contribution in [0.4, 0.5) is 14.5 Å². The molecule has 0 saturated carbocycles. The van der Waals surface area contributed by atoms with Crippen molar-refractivity contribution in [2.75, 3.05) is 4.72 Å². The number of nitrogens with zero attached hydrogens (tertiary/aromatic N) is 1. The summed E-state index contributed by atoms with van der Waals surface area (Å²) < 4.78 is 54.7. The van der Waals surface area contributed by atoms with Crippen molar-refractivity contribution in [3.8, 4) is 0 Å². The number of sulfonamides is 1. The molecular formula is C16H12F2N2O2S. The highest BCUT2D eigenvalue weighted by Crippen LogP contribution is 2.26. The Morgan fingerprint density at radius 1 is 1.09 bits per heavy atom. The van der Waals surface area contributed by atoms with Crippen molar-refractivity contribution in [2.45, 2.75) is 11.8 Å². The molecule has 0 aliphatic carbocycles. The maximum absolute atomic E-state index is 14.0. The number of rotatable bonds is 3. The maximum Gasteiger partial charge on any atom is 0.262 e. The molecular weight excluding hydrogens is 322 g/mol. The highest BCUT2D eigenvalue weighted by Gasteiger charge is 2.20. The van der Waals surface area contributed by atoms with Crippen molar-refractivity contribution in [1.29, 1.82) is 0 Å². The van der Waals surface area contributed by atoms with Crippen LogP contribution in [-0.4, -0.2) is 13.4 Å². The fraction of sp³-hybridized carbons (Fsp3) is 0.0625. The third-order valence-corrected chi connectivity index (χ3v) is 4.92. The molecule has 0 bridgehead atoms. The van der Waals surface area contributed by atoms with Crippen LogP contribution in [0.2, 0.25) is 0 Å². The molecule has 0 aliphatic heterocycles. The van der Waals surface area contributed by atoms with Crippen LogP contribution in [0.5, 0.6) is 0 Å². The van der Waals surface area contributed by atoms with E-state index in [0.29, 0.717) is 10.8 Å². The van der Waals surface area contributed by atoms with E-state index in [4.69, 9.17) is 0 Å². The molecule has 7 heteroatoms. The minimum Gasteiger partial charge on any atom is -0.277 e. The summed E-state index contributed by atoms with van der Waals surface area (Å²) in [5.41, 5.74) is -0.540. The van der Waals surface area contributed by atoms with E-state index in [-0.39, 0.29) is 16.1 Å². The summed E-state index contributed by atoms with van der Waals surface area (Å²) in [6.07, 6.45) is 3.01. The highest BCUT2D eigenvalue weighted by molar-refractivity contribution is 7.93. The molecule has 1 heterocycles. The summed E-state index contributed by atoms with van der Waals surface area (Å²) in [5, 5.41) is 1.11. The van der Waals surface area contributed by atoms with Gasteiger partial charge in [-0.15, -0.1) is 0 Å². The Balaban J connectivity index is 2.10. The second-order valence-corrected chi connectivity index (χ2v) is 6.64. The average molecular weight is 334 g/mol. The minimum atomic E-state index is -4.03. The van der Waals surface area contributed by atoms with Crippen LogP contribution in [0, 0.1) is 18.6 Å². The van der Waals surface area contributed by atoms with Crippen LogP contribution in [-0.2, 0) is 10.0 Å². The Bertz CT molecular complexity index is 999. The smallest absolute Gasteiger partial charge is 0.262 e. The van der Waals surface area contributed by atoms with E-state index in [9.17, 15) is 17.2 Å². The van der Waals surface area contributed by atoms with Crippen molar-refractivity contribution in [1.82, 2.24) is 4.98 Å². The van der Waals surface area contributed by atoms with E-state index in [1.807, 2.05) is 0 Å². The van der Waals surface area contributed by atoms with Crippen LogP contribution < -0.4 is 4.72 Å². The lowest BCUT2D eigenvalue weighted by atomic mass is 10.2. The number of benzene rings is 2. The third kappa shape index (κ3) is 2.75. The summed E-state index contributed by atoms with van der Waals surface area (Å²) in [6.45, 7) is 1.24. The Morgan fingerprint density at radius 3 is 2.65 bits per heavy atom. The van der Waals surface area contributed by atoms with Crippen LogP contribution in [0.15, 0.2) is 53.7 Å². The van der Waals surface area contributed by atoms with Gasteiger partial charge >= 0.3 is 0 Å². The van der Waals surface area contributed by atoms with Crippen LogP contribution in [0.3, 0.4) is 0 Å². The number of nitrogens with one attached hydrogen (secondary N) is 1. The van der Waals surface area contributed by atoms with Crippen molar-refractivity contribution in [3.63, 3.8) is 0 Å². The molecule has 1 N–H and O–H groups in total. The quantitative estimate of drug-likeness (QED) is 0.796. The summed E-state index contributed by atoms with van der Waals surface area (Å²) >= 11 is 0. The van der Waals surface area contributed by atoms with E-state index in [1.54, 1.807) is 18.2 Å². The van der Waals surface area contributed by atoms with Gasteiger partial charge in [-0.25, -0.2) is 17.2 Å². The highest BCUT2D eigenvalue weighted by atomic mass is 32.2. The molecule has 0 fully saturated rings. The second kappa shape index (κ2) is 5.58. The van der Waals surface area contributed by atoms with E-state index < -0.39 is 21.7 Å². The Kier molecular flexibility index (Phi) is 3.73. The normalized spacial score (nSPS) is 11.6. The Labute approximate surface area is 131 Å². The summed E-state index contributed by atoms with van der Waals surface area (Å²) in [5.74, 6) is -1.67. The largest absolute Gasteiger partial charge is 0.277 e. The minimum absolute atomic E-state index is 0.00113. The molecule has 2 aromatic carbocycles. The van der Waals surface area contributed by atoms with E-state index >= 15 is 0 Å². The molecule has 0 spiro atoms. The van der Waals surface area contributed by atoms with Gasteiger partial charge in [0.2, 0.25) is 0 Å². The lowest BCUT2D eigenvalue weighted by molar-refractivity contribution is 0.569. The van der Waals surface area contributed by atoms with E-state index in [0.717, 1.165) is 12.1 Å². The van der Waals surface area contributed by atoms with Gasteiger partial charge in [0.05, 0.1) is 10.6 Å². The van der Waals surface area contributed by atoms with Gasteiger partial charge < -0.3 is 0 Å². The molecule has 1 aromatic heterocycles. The maximum atomic E-state index is 14.0. The molecule has 118 valence electrons. The van der Waals surface area contributed by atoms with Crippen molar-refractivity contribution >= 4 is 26.5 Å². The average Bonchev–Trinajstić information content (AvgIpc) is 2.55. The molecule has 0 amide bonds. The molecule has 4 nitrogen and oxygen atoms in total. The van der Waals surface area contributed by atoms with Crippen molar-refractivity contribution < 1.29 is 17.2 Å². The van der Waals surface area contributed by atoms with E-state index in [2.05, 4.69) is 9.71 Å². The standard InChI is InChI=1S/C16H12F2N2O2S/c1-10-13(17)5-6-14(16(10)18)20-23(21,22)15-4-2-3-11-9-19-8-7-12(11)15/h2-9,20H,1H3.